The Hall–Kier alpha value is -2.21. The number of nitrogens with zero attached hydrogens (tertiary/aromatic N) is 2. The van der Waals surface area contributed by atoms with Crippen molar-refractivity contribution < 1.29 is 17.6 Å². The number of oxazole rings is 1. The van der Waals surface area contributed by atoms with E-state index >= 15 is 0 Å². The second kappa shape index (κ2) is 9.11. The van der Waals surface area contributed by atoms with E-state index in [4.69, 9.17) is 4.42 Å². The fourth-order valence-corrected chi connectivity index (χ4v) is 5.38. The van der Waals surface area contributed by atoms with Crippen LogP contribution in [0.25, 0.3) is 22.4 Å². The minimum atomic E-state index is -3.32. The summed E-state index contributed by atoms with van der Waals surface area (Å²) in [5.41, 5.74) is 2.65. The van der Waals surface area contributed by atoms with Gasteiger partial charge in [-0.25, -0.2) is 18.4 Å². The molecule has 2 heterocycles. The molecular weight excluding hydrogens is 522 g/mol. The molecule has 2 aromatic carbocycles. The van der Waals surface area contributed by atoms with Gasteiger partial charge in [-0.1, -0.05) is 46.7 Å². The van der Waals surface area contributed by atoms with Crippen LogP contribution in [-0.4, -0.2) is 35.8 Å². The van der Waals surface area contributed by atoms with Crippen LogP contribution in [0.5, 0.6) is 0 Å². The van der Waals surface area contributed by atoms with Crippen molar-refractivity contribution in [2.75, 3.05) is 16.8 Å². The summed E-state index contributed by atoms with van der Waals surface area (Å²) < 4.78 is 30.6. The van der Waals surface area contributed by atoms with Crippen LogP contribution in [0.1, 0.15) is 6.92 Å². The van der Waals surface area contributed by atoms with E-state index in [1.54, 1.807) is 13.0 Å². The molecule has 4 rings (SSSR count). The molecule has 0 aliphatic heterocycles. The first kappa shape index (κ1) is 22.0. The van der Waals surface area contributed by atoms with Gasteiger partial charge in [-0.05, 0) is 30.3 Å². The fraction of sp³-hybridized carbons (Fsp3) is 0.150. The molecular formula is C20H16BrN3O4S3. The molecule has 1 N–H and O–H groups in total. The Morgan fingerprint density at radius 2 is 2.06 bits per heavy atom. The van der Waals surface area contributed by atoms with Gasteiger partial charge < -0.3 is 9.73 Å². The minimum Gasteiger partial charge on any atom is -0.431 e. The van der Waals surface area contributed by atoms with Gasteiger partial charge in [0.25, 0.3) is 5.22 Å². The first-order chi connectivity index (χ1) is 14.8. The zero-order valence-corrected chi connectivity index (χ0v) is 20.2. The zero-order chi connectivity index (χ0) is 22.0. The van der Waals surface area contributed by atoms with E-state index in [0.717, 1.165) is 27.5 Å². The molecule has 0 fully saturated rings. The Bertz CT molecular complexity index is 1370. The number of hydrogen-bond donors (Lipinski definition) is 1. The van der Waals surface area contributed by atoms with E-state index in [1.807, 2.05) is 29.6 Å². The first-order valence-corrected chi connectivity index (χ1v) is 13.4. The lowest BCUT2D eigenvalue weighted by Gasteiger charge is -2.00. The third kappa shape index (κ3) is 5.17. The number of hydrogen-bond acceptors (Lipinski definition) is 8. The number of rotatable bonds is 7. The topological polar surface area (TPSA) is 102 Å². The SMILES string of the molecule is CCS(=O)(=O)c1ccc2oc(SCC(=O)Nc3nc(-c4cccc(Br)c4)cs3)nc2c1. The molecule has 0 radical (unpaired) electrons. The number of aromatic nitrogens is 2. The van der Waals surface area contributed by atoms with Crippen molar-refractivity contribution in [3.63, 3.8) is 0 Å². The third-order valence-corrected chi connectivity index (χ3v) is 8.09. The monoisotopic (exact) mass is 537 g/mol. The molecule has 0 saturated heterocycles. The number of anilines is 1. The normalized spacial score (nSPS) is 11.7. The molecule has 0 saturated carbocycles. The number of amides is 1. The lowest BCUT2D eigenvalue weighted by molar-refractivity contribution is -0.113. The Balaban J connectivity index is 1.39. The molecule has 11 heteroatoms. The molecule has 0 spiro atoms. The third-order valence-electron chi connectivity index (χ3n) is 4.28. The van der Waals surface area contributed by atoms with Crippen molar-refractivity contribution in [3.8, 4) is 11.3 Å². The van der Waals surface area contributed by atoms with E-state index in [2.05, 4.69) is 31.2 Å². The van der Waals surface area contributed by atoms with Gasteiger partial charge in [0.15, 0.2) is 20.6 Å². The lowest BCUT2D eigenvalue weighted by atomic mass is 10.2. The fourth-order valence-electron chi connectivity index (χ4n) is 2.70. The smallest absolute Gasteiger partial charge is 0.257 e. The quantitative estimate of drug-likeness (QED) is 0.321. The zero-order valence-electron chi connectivity index (χ0n) is 16.2. The van der Waals surface area contributed by atoms with E-state index in [-0.39, 0.29) is 22.3 Å². The molecule has 4 aromatic rings. The van der Waals surface area contributed by atoms with Crippen molar-refractivity contribution in [1.29, 1.82) is 0 Å². The summed E-state index contributed by atoms with van der Waals surface area (Å²) in [4.78, 5) is 21.2. The van der Waals surface area contributed by atoms with Crippen molar-refractivity contribution in [3.05, 3.63) is 52.3 Å². The lowest BCUT2D eigenvalue weighted by Crippen LogP contribution is -2.13. The Morgan fingerprint density at radius 1 is 1.23 bits per heavy atom. The molecule has 0 aliphatic rings. The number of carbonyl (C=O) groups is 1. The number of benzene rings is 2. The number of sulfone groups is 1. The highest BCUT2D eigenvalue weighted by Crippen LogP contribution is 2.28. The highest BCUT2D eigenvalue weighted by molar-refractivity contribution is 9.10. The van der Waals surface area contributed by atoms with Crippen molar-refractivity contribution >= 4 is 71.0 Å². The maximum Gasteiger partial charge on any atom is 0.257 e. The summed E-state index contributed by atoms with van der Waals surface area (Å²) in [5.74, 6) is -0.145. The van der Waals surface area contributed by atoms with Gasteiger partial charge in [0, 0.05) is 15.4 Å². The number of halogens is 1. The van der Waals surface area contributed by atoms with E-state index in [1.165, 1.54) is 23.5 Å². The Kier molecular flexibility index (Phi) is 6.47. The number of carbonyl (C=O) groups excluding carboxylic acids is 1. The summed E-state index contributed by atoms with van der Waals surface area (Å²) in [7, 11) is -3.32. The summed E-state index contributed by atoms with van der Waals surface area (Å²) in [6, 6.07) is 12.3. The maximum atomic E-state index is 12.3. The van der Waals surface area contributed by atoms with Crippen LogP contribution < -0.4 is 5.32 Å². The summed E-state index contributed by atoms with van der Waals surface area (Å²) >= 11 is 5.91. The van der Waals surface area contributed by atoms with Crippen molar-refractivity contribution in [1.82, 2.24) is 9.97 Å². The summed E-state index contributed by atoms with van der Waals surface area (Å²) in [6.45, 7) is 1.59. The Morgan fingerprint density at radius 3 is 2.84 bits per heavy atom. The Labute approximate surface area is 195 Å². The van der Waals surface area contributed by atoms with Crippen LogP contribution >= 0.6 is 39.0 Å². The molecule has 1 amide bonds. The molecule has 7 nitrogen and oxygen atoms in total. The molecule has 0 atom stereocenters. The molecule has 160 valence electrons. The van der Waals surface area contributed by atoms with Gasteiger partial charge >= 0.3 is 0 Å². The van der Waals surface area contributed by atoms with Gasteiger partial charge in [0.2, 0.25) is 5.91 Å². The highest BCUT2D eigenvalue weighted by atomic mass is 79.9. The highest BCUT2D eigenvalue weighted by Gasteiger charge is 2.16. The van der Waals surface area contributed by atoms with Gasteiger partial charge in [-0.3, -0.25) is 4.79 Å². The van der Waals surface area contributed by atoms with Crippen LogP contribution in [0.2, 0.25) is 0 Å². The van der Waals surface area contributed by atoms with E-state index < -0.39 is 9.84 Å². The average Bonchev–Trinajstić information content (AvgIpc) is 3.38. The molecule has 0 unspecified atom stereocenters. The predicted octanol–water partition coefficient (Wildman–Crippen LogP) is 5.24. The molecule has 0 bridgehead atoms. The van der Waals surface area contributed by atoms with Gasteiger partial charge in [-0.15, -0.1) is 11.3 Å². The van der Waals surface area contributed by atoms with Crippen LogP contribution in [0.4, 0.5) is 5.13 Å². The second-order valence-corrected chi connectivity index (χ2v) is 11.4. The standard InChI is InChI=1S/C20H16BrN3O4S3/c1-2-31(26,27)14-6-7-17-15(9-14)23-20(28-17)30-11-18(25)24-19-22-16(10-29-19)12-4-3-5-13(21)8-12/h3-10H,2,11H2,1H3,(H,22,24,25). The van der Waals surface area contributed by atoms with Gasteiger partial charge in [0.05, 0.1) is 22.1 Å². The number of nitrogens with one attached hydrogen (secondary N) is 1. The molecule has 2 aromatic heterocycles. The van der Waals surface area contributed by atoms with E-state index in [9.17, 15) is 13.2 Å². The predicted molar refractivity (Wildman–Crippen MR) is 126 cm³/mol. The number of fused-ring (bicyclic) bond motifs is 1. The van der Waals surface area contributed by atoms with Crippen LogP contribution in [0.3, 0.4) is 0 Å². The van der Waals surface area contributed by atoms with Gasteiger partial charge in [-0.2, -0.15) is 0 Å². The second-order valence-electron chi connectivity index (χ2n) is 6.40. The van der Waals surface area contributed by atoms with Crippen molar-refractivity contribution in [2.45, 2.75) is 17.0 Å². The van der Waals surface area contributed by atoms with Gasteiger partial charge in [0.1, 0.15) is 5.52 Å². The molecule has 31 heavy (non-hydrogen) atoms. The maximum absolute atomic E-state index is 12.3. The summed E-state index contributed by atoms with van der Waals surface area (Å²) in [5, 5.41) is 5.46. The van der Waals surface area contributed by atoms with Crippen LogP contribution in [-0.2, 0) is 14.6 Å². The van der Waals surface area contributed by atoms with Crippen LogP contribution in [0, 0.1) is 0 Å². The number of thioether (sulfide) groups is 1. The van der Waals surface area contributed by atoms with E-state index in [0.29, 0.717) is 21.5 Å². The average molecular weight is 538 g/mol. The largest absolute Gasteiger partial charge is 0.431 e. The first-order valence-electron chi connectivity index (χ1n) is 9.11. The minimum absolute atomic E-state index is 0.0121. The van der Waals surface area contributed by atoms with Crippen LogP contribution in [0.15, 0.2) is 66.9 Å². The van der Waals surface area contributed by atoms with Crippen molar-refractivity contribution in [2.24, 2.45) is 0 Å². The number of thiazole rings is 1. The molecule has 0 aliphatic carbocycles. The summed E-state index contributed by atoms with van der Waals surface area (Å²) in [6.07, 6.45) is 0.